The van der Waals surface area contributed by atoms with Crippen molar-refractivity contribution in [2.45, 2.75) is 39.2 Å². The Balaban J connectivity index is 2.64. The molecule has 0 aliphatic carbocycles. The molecule has 2 unspecified atom stereocenters. The number of nitrogens with two attached hydrogens (primary N) is 1. The number of carbonyl (C=O) groups excluding carboxylic acids is 1. The first-order chi connectivity index (χ1) is 6.57. The summed E-state index contributed by atoms with van der Waals surface area (Å²) in [5.41, 5.74) is 5.48. The predicted molar refractivity (Wildman–Crippen MR) is 61.0 cm³/mol. The number of hydrogen-bond donors (Lipinski definition) is 1. The Morgan fingerprint density at radius 3 is 2.86 bits per heavy atom. The maximum absolute atomic E-state index is 11.9. The van der Waals surface area contributed by atoms with E-state index in [0.717, 1.165) is 25.8 Å². The smallest absolute Gasteiger partial charge is 0.232 e. The van der Waals surface area contributed by atoms with Gasteiger partial charge >= 0.3 is 0 Å². The van der Waals surface area contributed by atoms with Crippen LogP contribution in [0, 0.1) is 5.92 Å². The van der Waals surface area contributed by atoms with E-state index in [9.17, 15) is 4.79 Å². The molecule has 0 spiro atoms. The number of likely N-dealkylation sites (tertiary alicyclic amines) is 1. The summed E-state index contributed by atoms with van der Waals surface area (Å²) in [4.78, 5) is 14.2. The third kappa shape index (κ3) is 2.23. The van der Waals surface area contributed by atoms with Gasteiger partial charge in [-0.05, 0) is 26.2 Å². The number of amides is 1. The van der Waals surface area contributed by atoms with Gasteiger partial charge in [-0.2, -0.15) is 0 Å². The lowest BCUT2D eigenvalue weighted by Crippen LogP contribution is -2.42. The Hall–Kier alpha value is -0.640. The summed E-state index contributed by atoms with van der Waals surface area (Å²) >= 11 is 4.84. The molecule has 80 valence electrons. The van der Waals surface area contributed by atoms with Crippen LogP contribution in [0.5, 0.6) is 0 Å². The van der Waals surface area contributed by atoms with Crippen LogP contribution in [0.2, 0.25) is 0 Å². The fraction of sp³-hybridized carbons (Fsp3) is 0.800. The molecule has 3 nitrogen and oxygen atoms in total. The zero-order chi connectivity index (χ0) is 10.7. The van der Waals surface area contributed by atoms with Crippen molar-refractivity contribution in [2.24, 2.45) is 11.7 Å². The predicted octanol–water partition coefficient (Wildman–Crippen LogP) is 1.31. The van der Waals surface area contributed by atoms with Crippen molar-refractivity contribution >= 4 is 23.1 Å². The van der Waals surface area contributed by atoms with Crippen molar-refractivity contribution in [3.8, 4) is 0 Å². The Morgan fingerprint density at radius 1 is 1.71 bits per heavy atom. The molecule has 0 aromatic rings. The molecule has 0 saturated carbocycles. The first kappa shape index (κ1) is 11.4. The summed E-state index contributed by atoms with van der Waals surface area (Å²) in [6.45, 7) is 4.77. The number of nitrogens with zero attached hydrogens (tertiary/aromatic N) is 1. The topological polar surface area (TPSA) is 46.3 Å². The molecule has 0 bridgehead atoms. The van der Waals surface area contributed by atoms with Crippen molar-refractivity contribution in [3.05, 3.63) is 0 Å². The normalized spacial score (nSPS) is 23.6. The summed E-state index contributed by atoms with van der Waals surface area (Å²) in [5, 5.41) is 0. The van der Waals surface area contributed by atoms with Crippen LogP contribution in [-0.4, -0.2) is 28.4 Å². The van der Waals surface area contributed by atoms with Crippen LogP contribution in [-0.2, 0) is 4.79 Å². The van der Waals surface area contributed by atoms with Gasteiger partial charge in [0.25, 0.3) is 0 Å². The van der Waals surface area contributed by atoms with Crippen LogP contribution < -0.4 is 5.73 Å². The highest BCUT2D eigenvalue weighted by molar-refractivity contribution is 7.80. The third-order valence-corrected chi connectivity index (χ3v) is 3.28. The van der Waals surface area contributed by atoms with Gasteiger partial charge in [0.1, 0.15) is 0 Å². The molecule has 0 aromatic carbocycles. The van der Waals surface area contributed by atoms with Crippen LogP contribution in [0.25, 0.3) is 0 Å². The van der Waals surface area contributed by atoms with E-state index in [1.807, 2.05) is 4.90 Å². The van der Waals surface area contributed by atoms with Crippen LogP contribution in [0.1, 0.15) is 33.1 Å². The number of hydrogen-bond acceptors (Lipinski definition) is 2. The second-order valence-corrected chi connectivity index (χ2v) is 4.33. The molecule has 1 heterocycles. The molecule has 2 N–H and O–H groups in total. The minimum Gasteiger partial charge on any atom is -0.393 e. The highest BCUT2D eigenvalue weighted by Gasteiger charge is 2.30. The number of thiocarbonyl (C=S) groups is 1. The molecular weight excluding hydrogens is 196 g/mol. The lowest BCUT2D eigenvalue weighted by Gasteiger charge is -2.26. The fourth-order valence-corrected chi connectivity index (χ4v) is 2.02. The quantitative estimate of drug-likeness (QED) is 0.721. The van der Waals surface area contributed by atoms with Crippen LogP contribution in [0.3, 0.4) is 0 Å². The third-order valence-electron chi connectivity index (χ3n) is 2.93. The summed E-state index contributed by atoms with van der Waals surface area (Å²) in [5.74, 6) is -0.209. The molecule has 1 rings (SSSR count). The van der Waals surface area contributed by atoms with Crippen LogP contribution in [0.4, 0.5) is 0 Å². The van der Waals surface area contributed by atoms with E-state index in [1.54, 1.807) is 6.92 Å². The molecule has 14 heavy (non-hydrogen) atoms. The molecule has 0 radical (unpaired) electrons. The number of carbonyl (C=O) groups is 1. The monoisotopic (exact) mass is 214 g/mol. The van der Waals surface area contributed by atoms with Gasteiger partial charge in [-0.3, -0.25) is 4.79 Å². The average Bonchev–Trinajstić information content (AvgIpc) is 2.62. The van der Waals surface area contributed by atoms with Gasteiger partial charge in [0.05, 0.1) is 10.9 Å². The van der Waals surface area contributed by atoms with E-state index < -0.39 is 0 Å². The van der Waals surface area contributed by atoms with Gasteiger partial charge < -0.3 is 10.6 Å². The van der Waals surface area contributed by atoms with Gasteiger partial charge in [-0.15, -0.1) is 0 Å². The highest BCUT2D eigenvalue weighted by Crippen LogP contribution is 2.21. The Morgan fingerprint density at radius 2 is 2.36 bits per heavy atom. The second kappa shape index (κ2) is 4.73. The largest absolute Gasteiger partial charge is 0.393 e. The molecule has 1 aliphatic heterocycles. The first-order valence-electron chi connectivity index (χ1n) is 5.17. The van der Waals surface area contributed by atoms with E-state index in [1.165, 1.54) is 0 Å². The van der Waals surface area contributed by atoms with Crippen molar-refractivity contribution in [2.75, 3.05) is 6.54 Å². The van der Waals surface area contributed by atoms with E-state index >= 15 is 0 Å². The van der Waals surface area contributed by atoms with Crippen molar-refractivity contribution in [1.29, 1.82) is 0 Å². The molecule has 0 aromatic heterocycles. The second-order valence-electron chi connectivity index (χ2n) is 3.86. The van der Waals surface area contributed by atoms with Crippen molar-refractivity contribution in [1.82, 2.24) is 4.90 Å². The van der Waals surface area contributed by atoms with E-state index in [-0.39, 0.29) is 11.8 Å². The SMILES string of the molecule is CCC1CCCN1C(=O)C(C)C(N)=S. The summed E-state index contributed by atoms with van der Waals surface area (Å²) in [6, 6.07) is 0.402. The van der Waals surface area contributed by atoms with Gasteiger partial charge in [0.2, 0.25) is 5.91 Å². The van der Waals surface area contributed by atoms with Crippen LogP contribution in [0.15, 0.2) is 0 Å². The summed E-state index contributed by atoms with van der Waals surface area (Å²) in [7, 11) is 0. The zero-order valence-electron chi connectivity index (χ0n) is 8.82. The Bertz CT molecular complexity index is 242. The molecule has 1 aliphatic rings. The van der Waals surface area contributed by atoms with Gasteiger partial charge in [-0.25, -0.2) is 0 Å². The number of rotatable bonds is 3. The fourth-order valence-electron chi connectivity index (χ4n) is 1.92. The molecular formula is C10H18N2OS. The van der Waals surface area contributed by atoms with Gasteiger partial charge in [0, 0.05) is 12.6 Å². The summed E-state index contributed by atoms with van der Waals surface area (Å²) in [6.07, 6.45) is 3.25. The standard InChI is InChI=1S/C10H18N2OS/c1-3-8-5-4-6-12(8)10(13)7(2)9(11)14/h7-8H,3-6H2,1-2H3,(H2,11,14). The Kier molecular flexibility index (Phi) is 3.86. The van der Waals surface area contributed by atoms with Crippen molar-refractivity contribution < 1.29 is 4.79 Å². The molecule has 1 amide bonds. The zero-order valence-corrected chi connectivity index (χ0v) is 9.64. The van der Waals surface area contributed by atoms with Gasteiger partial charge in [0.15, 0.2) is 0 Å². The minimum absolute atomic E-state index is 0.0989. The Labute approximate surface area is 90.6 Å². The molecule has 1 saturated heterocycles. The lowest BCUT2D eigenvalue weighted by molar-refractivity contribution is -0.133. The van der Waals surface area contributed by atoms with E-state index in [4.69, 9.17) is 18.0 Å². The lowest BCUT2D eigenvalue weighted by atomic mass is 10.1. The highest BCUT2D eigenvalue weighted by atomic mass is 32.1. The first-order valence-corrected chi connectivity index (χ1v) is 5.58. The van der Waals surface area contributed by atoms with Gasteiger partial charge in [-0.1, -0.05) is 19.1 Å². The van der Waals surface area contributed by atoms with Crippen LogP contribution >= 0.6 is 12.2 Å². The maximum atomic E-state index is 11.9. The van der Waals surface area contributed by atoms with E-state index in [0.29, 0.717) is 11.0 Å². The van der Waals surface area contributed by atoms with Crippen molar-refractivity contribution in [3.63, 3.8) is 0 Å². The van der Waals surface area contributed by atoms with E-state index in [2.05, 4.69) is 6.92 Å². The molecule has 1 fully saturated rings. The molecule has 4 heteroatoms. The average molecular weight is 214 g/mol. The maximum Gasteiger partial charge on any atom is 0.232 e. The summed E-state index contributed by atoms with van der Waals surface area (Å²) < 4.78 is 0. The molecule has 2 atom stereocenters. The minimum atomic E-state index is -0.308.